The standard InChI is InChI=1S/C20H19ClN2O2/c1-24-17-6-4-5-16(13-17)23-11-12-25-20(23)15-9-10-22(14-15)19-8-3-2-7-18(19)21/h2-10,13-14,20H,11-12H2,1H3/t20-/m0/s1. The van der Waals surface area contributed by atoms with Gasteiger partial charge in [-0.15, -0.1) is 0 Å². The van der Waals surface area contributed by atoms with Gasteiger partial charge in [0.15, 0.2) is 6.23 Å². The van der Waals surface area contributed by atoms with Crippen LogP contribution in [-0.4, -0.2) is 24.8 Å². The van der Waals surface area contributed by atoms with Gasteiger partial charge in [-0.25, -0.2) is 0 Å². The smallest absolute Gasteiger partial charge is 0.158 e. The summed E-state index contributed by atoms with van der Waals surface area (Å²) in [7, 11) is 1.68. The van der Waals surface area contributed by atoms with Gasteiger partial charge in [0.05, 0.1) is 24.4 Å². The summed E-state index contributed by atoms with van der Waals surface area (Å²) in [6.45, 7) is 1.54. The Bertz CT molecular complexity index is 877. The van der Waals surface area contributed by atoms with Crippen LogP contribution in [0.4, 0.5) is 5.69 Å². The lowest BCUT2D eigenvalue weighted by molar-refractivity contribution is 0.114. The normalized spacial score (nSPS) is 17.0. The van der Waals surface area contributed by atoms with Crippen LogP contribution < -0.4 is 9.64 Å². The van der Waals surface area contributed by atoms with Gasteiger partial charge in [0.1, 0.15) is 5.75 Å². The third-order valence-corrected chi connectivity index (χ3v) is 4.73. The monoisotopic (exact) mass is 354 g/mol. The van der Waals surface area contributed by atoms with E-state index in [9.17, 15) is 0 Å². The molecule has 1 aromatic heterocycles. The summed E-state index contributed by atoms with van der Waals surface area (Å²) in [5, 5.41) is 0.724. The number of anilines is 1. The fourth-order valence-corrected chi connectivity index (χ4v) is 3.40. The highest BCUT2D eigenvalue weighted by atomic mass is 35.5. The van der Waals surface area contributed by atoms with Crippen molar-refractivity contribution in [1.82, 2.24) is 4.57 Å². The van der Waals surface area contributed by atoms with Crippen molar-refractivity contribution in [2.45, 2.75) is 6.23 Å². The van der Waals surface area contributed by atoms with Crippen LogP contribution in [0.2, 0.25) is 5.02 Å². The largest absolute Gasteiger partial charge is 0.497 e. The van der Waals surface area contributed by atoms with Crippen LogP contribution in [-0.2, 0) is 4.74 Å². The molecule has 128 valence electrons. The molecule has 1 aliphatic heterocycles. The average molecular weight is 355 g/mol. The quantitative estimate of drug-likeness (QED) is 0.681. The maximum atomic E-state index is 6.31. The Morgan fingerprint density at radius 2 is 2.00 bits per heavy atom. The number of nitrogens with zero attached hydrogens (tertiary/aromatic N) is 2. The first-order valence-corrected chi connectivity index (χ1v) is 8.59. The maximum Gasteiger partial charge on any atom is 0.158 e. The molecule has 1 atom stereocenters. The van der Waals surface area contributed by atoms with E-state index in [1.165, 1.54) is 0 Å². The predicted octanol–water partition coefficient (Wildman–Crippen LogP) is 4.67. The molecule has 3 aromatic rings. The Balaban J connectivity index is 1.64. The Kier molecular flexibility index (Phi) is 4.38. The molecule has 0 saturated carbocycles. The van der Waals surface area contributed by atoms with Crippen LogP contribution in [0.1, 0.15) is 11.8 Å². The lowest BCUT2D eigenvalue weighted by atomic mass is 10.2. The molecular weight excluding hydrogens is 336 g/mol. The highest BCUT2D eigenvalue weighted by molar-refractivity contribution is 6.32. The average Bonchev–Trinajstić information content (AvgIpc) is 3.31. The third-order valence-electron chi connectivity index (χ3n) is 4.41. The van der Waals surface area contributed by atoms with Crippen molar-refractivity contribution in [3.63, 3.8) is 0 Å². The number of ether oxygens (including phenoxy) is 2. The lowest BCUT2D eigenvalue weighted by Crippen LogP contribution is -2.22. The summed E-state index contributed by atoms with van der Waals surface area (Å²) in [6, 6.07) is 17.9. The van der Waals surface area contributed by atoms with Crippen LogP contribution in [0.5, 0.6) is 5.75 Å². The molecule has 1 saturated heterocycles. The molecule has 0 bridgehead atoms. The number of hydrogen-bond donors (Lipinski definition) is 0. The number of benzene rings is 2. The number of para-hydroxylation sites is 1. The summed E-state index contributed by atoms with van der Waals surface area (Å²) in [5.74, 6) is 0.844. The van der Waals surface area contributed by atoms with Crippen LogP contribution in [0.25, 0.3) is 5.69 Å². The SMILES string of the molecule is COc1cccc(N2CCO[C@H]2c2ccn(-c3ccccc3Cl)c2)c1. The van der Waals surface area contributed by atoms with Crippen molar-refractivity contribution >= 4 is 17.3 Å². The van der Waals surface area contributed by atoms with Crippen molar-refractivity contribution in [2.75, 3.05) is 25.2 Å². The van der Waals surface area contributed by atoms with E-state index < -0.39 is 0 Å². The van der Waals surface area contributed by atoms with Crippen LogP contribution >= 0.6 is 11.6 Å². The predicted molar refractivity (Wildman–Crippen MR) is 99.8 cm³/mol. The topological polar surface area (TPSA) is 26.6 Å². The summed E-state index contributed by atoms with van der Waals surface area (Å²) in [6.07, 6.45) is 3.97. The molecule has 4 rings (SSSR count). The maximum absolute atomic E-state index is 6.31. The van der Waals surface area contributed by atoms with Gasteiger partial charge in [-0.3, -0.25) is 0 Å². The Hall–Kier alpha value is -2.43. The molecular formula is C20H19ClN2O2. The molecule has 1 fully saturated rings. The molecule has 25 heavy (non-hydrogen) atoms. The zero-order valence-electron chi connectivity index (χ0n) is 13.9. The van der Waals surface area contributed by atoms with Crippen LogP contribution in [0.15, 0.2) is 67.0 Å². The minimum absolute atomic E-state index is 0.115. The molecule has 0 aliphatic carbocycles. The highest BCUT2D eigenvalue weighted by Crippen LogP contribution is 2.34. The second-order valence-corrected chi connectivity index (χ2v) is 6.33. The van der Waals surface area contributed by atoms with E-state index in [0.717, 1.165) is 34.3 Å². The Morgan fingerprint density at radius 1 is 1.12 bits per heavy atom. The number of hydrogen-bond acceptors (Lipinski definition) is 3. The van der Waals surface area contributed by atoms with Gasteiger partial charge in [-0.2, -0.15) is 0 Å². The molecule has 2 heterocycles. The van der Waals surface area contributed by atoms with Crippen molar-refractivity contribution < 1.29 is 9.47 Å². The van der Waals surface area contributed by atoms with E-state index in [-0.39, 0.29) is 6.23 Å². The zero-order valence-corrected chi connectivity index (χ0v) is 14.7. The molecule has 1 aliphatic rings. The van der Waals surface area contributed by atoms with E-state index in [4.69, 9.17) is 21.1 Å². The minimum atomic E-state index is -0.115. The molecule has 5 heteroatoms. The van der Waals surface area contributed by atoms with E-state index in [0.29, 0.717) is 6.61 Å². The molecule has 0 spiro atoms. The number of halogens is 1. The first-order valence-electron chi connectivity index (χ1n) is 8.21. The molecule has 4 nitrogen and oxygen atoms in total. The van der Waals surface area contributed by atoms with E-state index in [1.807, 2.05) is 53.2 Å². The van der Waals surface area contributed by atoms with Crippen LogP contribution in [0.3, 0.4) is 0 Å². The van der Waals surface area contributed by atoms with E-state index in [2.05, 4.69) is 23.2 Å². The van der Waals surface area contributed by atoms with Gasteiger partial charge in [0, 0.05) is 36.3 Å². The minimum Gasteiger partial charge on any atom is -0.497 e. The second kappa shape index (κ2) is 6.82. The summed E-state index contributed by atoms with van der Waals surface area (Å²) >= 11 is 6.31. The van der Waals surface area contributed by atoms with Gasteiger partial charge >= 0.3 is 0 Å². The zero-order chi connectivity index (χ0) is 17.2. The number of aromatic nitrogens is 1. The third kappa shape index (κ3) is 3.11. The molecule has 0 N–H and O–H groups in total. The highest BCUT2D eigenvalue weighted by Gasteiger charge is 2.28. The van der Waals surface area contributed by atoms with Gasteiger partial charge in [-0.05, 0) is 30.3 Å². The van der Waals surface area contributed by atoms with Crippen molar-refractivity contribution in [1.29, 1.82) is 0 Å². The fraction of sp³-hybridized carbons (Fsp3) is 0.200. The van der Waals surface area contributed by atoms with Crippen molar-refractivity contribution in [3.05, 3.63) is 77.6 Å². The Morgan fingerprint density at radius 3 is 2.84 bits per heavy atom. The number of rotatable bonds is 4. The van der Waals surface area contributed by atoms with Gasteiger partial charge in [0.2, 0.25) is 0 Å². The van der Waals surface area contributed by atoms with Crippen molar-refractivity contribution in [3.8, 4) is 11.4 Å². The van der Waals surface area contributed by atoms with E-state index >= 15 is 0 Å². The molecule has 0 amide bonds. The molecule has 0 unspecified atom stereocenters. The van der Waals surface area contributed by atoms with Crippen molar-refractivity contribution in [2.24, 2.45) is 0 Å². The van der Waals surface area contributed by atoms with Gasteiger partial charge in [0.25, 0.3) is 0 Å². The fourth-order valence-electron chi connectivity index (χ4n) is 3.17. The first kappa shape index (κ1) is 16.1. The summed E-state index contributed by atoms with van der Waals surface area (Å²) < 4.78 is 13.4. The summed E-state index contributed by atoms with van der Waals surface area (Å²) in [5.41, 5.74) is 3.15. The Labute approximate surface area is 152 Å². The van der Waals surface area contributed by atoms with Gasteiger partial charge < -0.3 is 18.9 Å². The molecule has 0 radical (unpaired) electrons. The summed E-state index contributed by atoms with van der Waals surface area (Å²) in [4.78, 5) is 2.24. The molecule has 2 aromatic carbocycles. The van der Waals surface area contributed by atoms with Gasteiger partial charge in [-0.1, -0.05) is 29.8 Å². The lowest BCUT2D eigenvalue weighted by Gasteiger charge is -2.25. The van der Waals surface area contributed by atoms with E-state index in [1.54, 1.807) is 7.11 Å². The number of methoxy groups -OCH3 is 1. The van der Waals surface area contributed by atoms with Crippen LogP contribution in [0, 0.1) is 0 Å². The first-order chi connectivity index (χ1) is 12.3. The second-order valence-electron chi connectivity index (χ2n) is 5.92.